The van der Waals surface area contributed by atoms with Gasteiger partial charge in [-0.2, -0.15) is 4.99 Å². The maximum absolute atomic E-state index is 12.9. The first-order valence-electron chi connectivity index (χ1n) is 10.1. The molecule has 8 heteroatoms. The van der Waals surface area contributed by atoms with E-state index in [0.29, 0.717) is 41.8 Å². The van der Waals surface area contributed by atoms with E-state index in [1.165, 1.54) is 11.3 Å². The fourth-order valence-corrected chi connectivity index (χ4v) is 4.58. The van der Waals surface area contributed by atoms with Gasteiger partial charge in [-0.05, 0) is 32.0 Å². The zero-order valence-corrected chi connectivity index (χ0v) is 19.4. The molecule has 0 spiro atoms. The lowest BCUT2D eigenvalue weighted by molar-refractivity contribution is -0.117. The van der Waals surface area contributed by atoms with Gasteiger partial charge >= 0.3 is 0 Å². The van der Waals surface area contributed by atoms with Gasteiger partial charge in [0, 0.05) is 18.7 Å². The van der Waals surface area contributed by atoms with E-state index in [1.807, 2.05) is 48.7 Å². The van der Waals surface area contributed by atoms with E-state index in [0.717, 1.165) is 21.3 Å². The topological polar surface area (TPSA) is 71.3 Å². The minimum Gasteiger partial charge on any atom is -0.496 e. The van der Waals surface area contributed by atoms with Gasteiger partial charge in [-0.3, -0.25) is 4.79 Å². The van der Waals surface area contributed by atoms with Crippen molar-refractivity contribution in [3.8, 4) is 17.2 Å². The second-order valence-electron chi connectivity index (χ2n) is 6.88. The van der Waals surface area contributed by atoms with E-state index >= 15 is 0 Å². The van der Waals surface area contributed by atoms with Gasteiger partial charge in [-0.25, -0.2) is 0 Å². The summed E-state index contributed by atoms with van der Waals surface area (Å²) in [6, 6.07) is 9.49. The number of aromatic nitrogens is 1. The molecule has 0 N–H and O–H groups in total. The Bertz CT molecular complexity index is 1130. The molecule has 0 unspecified atom stereocenters. The molecule has 3 rings (SSSR count). The quantitative estimate of drug-likeness (QED) is 0.470. The van der Waals surface area contributed by atoms with Gasteiger partial charge in [0.2, 0.25) is 0 Å². The highest BCUT2D eigenvalue weighted by Crippen LogP contribution is 2.35. The summed E-state index contributed by atoms with van der Waals surface area (Å²) < 4.78 is 24.9. The monoisotopic (exact) mass is 444 g/mol. The number of hydrogen-bond donors (Lipinski definition) is 0. The first-order valence-corrected chi connectivity index (χ1v) is 10.9. The Morgan fingerprint density at radius 2 is 1.71 bits per heavy atom. The van der Waals surface area contributed by atoms with Crippen molar-refractivity contribution in [2.24, 2.45) is 4.99 Å². The minimum absolute atomic E-state index is 0.152. The van der Waals surface area contributed by atoms with Crippen LogP contribution in [0, 0.1) is 6.92 Å². The first kappa shape index (κ1) is 22.8. The highest BCUT2D eigenvalue weighted by atomic mass is 32.1. The van der Waals surface area contributed by atoms with Crippen LogP contribution >= 0.6 is 11.3 Å². The number of rotatable bonds is 9. The number of benzene rings is 2. The summed E-state index contributed by atoms with van der Waals surface area (Å²) in [5, 5.41) is 0. The van der Waals surface area contributed by atoms with Crippen molar-refractivity contribution < 1.29 is 23.7 Å². The third-order valence-corrected chi connectivity index (χ3v) is 5.95. The van der Waals surface area contributed by atoms with E-state index in [9.17, 15) is 4.79 Å². The van der Waals surface area contributed by atoms with Crippen molar-refractivity contribution >= 4 is 27.5 Å². The number of fused-ring (bicyclic) bond motifs is 1. The molecular weight excluding hydrogens is 416 g/mol. The SMILES string of the molecule is CCOCCn1c(=NC(=O)Cc2cc(C)ccc2OC)sc2c(OC)ccc(OC)c21. The summed E-state index contributed by atoms with van der Waals surface area (Å²) >= 11 is 1.40. The Morgan fingerprint density at radius 3 is 2.39 bits per heavy atom. The van der Waals surface area contributed by atoms with Gasteiger partial charge in [0.15, 0.2) is 4.80 Å². The second kappa shape index (κ2) is 10.5. The Kier molecular flexibility index (Phi) is 7.70. The lowest BCUT2D eigenvalue weighted by Gasteiger charge is -2.10. The largest absolute Gasteiger partial charge is 0.496 e. The van der Waals surface area contributed by atoms with Crippen LogP contribution in [0.3, 0.4) is 0 Å². The maximum Gasteiger partial charge on any atom is 0.252 e. The minimum atomic E-state index is -0.251. The van der Waals surface area contributed by atoms with Crippen molar-refractivity contribution in [1.82, 2.24) is 4.57 Å². The number of thiazole rings is 1. The first-order chi connectivity index (χ1) is 15.0. The van der Waals surface area contributed by atoms with Crippen LogP contribution in [0.4, 0.5) is 0 Å². The standard InChI is InChI=1S/C23H28N2O5S/c1-6-30-12-11-25-21-18(28-4)9-10-19(29-5)22(21)31-23(25)24-20(26)14-16-13-15(2)7-8-17(16)27-3/h7-10,13H,6,11-12,14H2,1-5H3. The second-order valence-corrected chi connectivity index (χ2v) is 7.86. The van der Waals surface area contributed by atoms with Gasteiger partial charge in [-0.15, -0.1) is 0 Å². The van der Waals surface area contributed by atoms with Gasteiger partial charge in [0.05, 0.1) is 34.4 Å². The number of amides is 1. The molecule has 2 aromatic carbocycles. The number of methoxy groups -OCH3 is 3. The molecule has 0 aliphatic carbocycles. The van der Waals surface area contributed by atoms with Crippen LogP contribution in [0.15, 0.2) is 35.3 Å². The van der Waals surface area contributed by atoms with Gasteiger partial charge in [-0.1, -0.05) is 29.0 Å². The number of aryl methyl sites for hydroxylation is 1. The van der Waals surface area contributed by atoms with E-state index in [2.05, 4.69) is 4.99 Å². The lowest BCUT2D eigenvalue weighted by atomic mass is 10.1. The van der Waals surface area contributed by atoms with Crippen molar-refractivity contribution in [2.45, 2.75) is 26.8 Å². The Balaban J connectivity index is 2.09. The van der Waals surface area contributed by atoms with Crippen LogP contribution < -0.4 is 19.0 Å². The van der Waals surface area contributed by atoms with Crippen molar-refractivity contribution in [3.63, 3.8) is 0 Å². The molecule has 0 atom stereocenters. The van der Waals surface area contributed by atoms with Crippen molar-refractivity contribution in [2.75, 3.05) is 34.5 Å². The van der Waals surface area contributed by atoms with E-state index in [1.54, 1.807) is 21.3 Å². The fraction of sp³-hybridized carbons (Fsp3) is 0.391. The molecule has 0 aliphatic rings. The van der Waals surface area contributed by atoms with Crippen LogP contribution in [0.25, 0.3) is 10.2 Å². The summed E-state index contributed by atoms with van der Waals surface area (Å²) in [7, 11) is 4.84. The van der Waals surface area contributed by atoms with Crippen LogP contribution in [0.5, 0.6) is 17.2 Å². The van der Waals surface area contributed by atoms with E-state index < -0.39 is 0 Å². The Hall–Kier alpha value is -2.84. The average molecular weight is 445 g/mol. The van der Waals surface area contributed by atoms with Crippen molar-refractivity contribution in [1.29, 1.82) is 0 Å². The molecule has 0 radical (unpaired) electrons. The molecule has 1 aromatic heterocycles. The molecule has 166 valence electrons. The zero-order valence-electron chi connectivity index (χ0n) is 18.6. The molecule has 3 aromatic rings. The molecular formula is C23H28N2O5S. The van der Waals surface area contributed by atoms with Crippen molar-refractivity contribution in [3.05, 3.63) is 46.3 Å². The van der Waals surface area contributed by atoms with Gasteiger partial charge < -0.3 is 23.5 Å². The van der Waals surface area contributed by atoms with Gasteiger partial charge in [0.1, 0.15) is 27.5 Å². The molecule has 0 saturated heterocycles. The molecule has 1 heterocycles. The number of hydrogen-bond acceptors (Lipinski definition) is 6. The summed E-state index contributed by atoms with van der Waals surface area (Å²) in [6.45, 7) is 5.58. The average Bonchev–Trinajstić information content (AvgIpc) is 3.11. The predicted molar refractivity (Wildman–Crippen MR) is 121 cm³/mol. The van der Waals surface area contributed by atoms with Crippen LogP contribution in [-0.4, -0.2) is 45.0 Å². The van der Waals surface area contributed by atoms with Crippen LogP contribution in [0.1, 0.15) is 18.1 Å². The number of carbonyl (C=O) groups is 1. The number of ether oxygens (including phenoxy) is 4. The number of nitrogens with zero attached hydrogens (tertiary/aromatic N) is 2. The van der Waals surface area contributed by atoms with Gasteiger partial charge in [0.25, 0.3) is 5.91 Å². The molecule has 31 heavy (non-hydrogen) atoms. The molecule has 1 amide bonds. The molecule has 0 aliphatic heterocycles. The normalized spacial score (nSPS) is 11.7. The van der Waals surface area contributed by atoms with E-state index in [4.69, 9.17) is 18.9 Å². The Labute approximate surface area is 185 Å². The molecule has 0 fully saturated rings. The molecule has 0 bridgehead atoms. The zero-order chi connectivity index (χ0) is 22.4. The third kappa shape index (κ3) is 5.08. The lowest BCUT2D eigenvalue weighted by Crippen LogP contribution is -2.20. The molecule has 0 saturated carbocycles. The van der Waals surface area contributed by atoms with Crippen LogP contribution in [-0.2, 0) is 22.5 Å². The highest BCUT2D eigenvalue weighted by Gasteiger charge is 2.17. The summed E-state index contributed by atoms with van der Waals surface area (Å²) in [5.41, 5.74) is 2.71. The molecule has 7 nitrogen and oxygen atoms in total. The van der Waals surface area contributed by atoms with Crippen LogP contribution in [0.2, 0.25) is 0 Å². The number of carbonyl (C=O) groups excluding carboxylic acids is 1. The highest BCUT2D eigenvalue weighted by molar-refractivity contribution is 7.16. The third-order valence-electron chi connectivity index (χ3n) is 4.85. The summed E-state index contributed by atoms with van der Waals surface area (Å²) in [6.07, 6.45) is 0.152. The summed E-state index contributed by atoms with van der Waals surface area (Å²) in [5.74, 6) is 1.83. The maximum atomic E-state index is 12.9. The Morgan fingerprint density at radius 1 is 1.03 bits per heavy atom. The predicted octanol–water partition coefficient (Wildman–Crippen LogP) is 3.74. The van der Waals surface area contributed by atoms with E-state index in [-0.39, 0.29) is 12.3 Å². The summed E-state index contributed by atoms with van der Waals surface area (Å²) in [4.78, 5) is 17.9. The fourth-order valence-electron chi connectivity index (χ4n) is 3.40. The smallest absolute Gasteiger partial charge is 0.252 e.